The molecule has 1 aliphatic rings. The highest BCUT2D eigenvalue weighted by Gasteiger charge is 2.27. The molecule has 1 atom stereocenters. The lowest BCUT2D eigenvalue weighted by Crippen LogP contribution is -2.41. The van der Waals surface area contributed by atoms with Crippen molar-refractivity contribution in [1.82, 2.24) is 10.3 Å². The zero-order valence-corrected chi connectivity index (χ0v) is 10.2. The molecule has 15 heavy (non-hydrogen) atoms. The average Bonchev–Trinajstić information content (AvgIpc) is 2.64. The molecular weight excluding hydrogens is 204 g/mol. The fraction of sp³-hybridized carbons (Fsp3) is 0.750. The minimum absolute atomic E-state index is 0.671. The molecular formula is C12H20N2S. The van der Waals surface area contributed by atoms with Gasteiger partial charge in [0.05, 0.1) is 5.01 Å². The predicted octanol–water partition coefficient (Wildman–Crippen LogP) is 2.85. The SMILES string of the molecule is CCCNC(Cc1nccs1)C1CCC1. The third kappa shape index (κ3) is 3.02. The van der Waals surface area contributed by atoms with Crippen LogP contribution >= 0.6 is 11.3 Å². The van der Waals surface area contributed by atoms with Crippen LogP contribution in [0.2, 0.25) is 0 Å². The average molecular weight is 224 g/mol. The Kier molecular flexibility index (Phi) is 4.15. The van der Waals surface area contributed by atoms with Gasteiger partial charge in [0.25, 0.3) is 0 Å². The number of hydrogen-bond donors (Lipinski definition) is 1. The number of nitrogens with one attached hydrogen (secondary N) is 1. The van der Waals surface area contributed by atoms with Crippen molar-refractivity contribution in [2.45, 2.75) is 45.1 Å². The summed E-state index contributed by atoms with van der Waals surface area (Å²) in [6, 6.07) is 0.671. The molecule has 1 fully saturated rings. The van der Waals surface area contributed by atoms with Crippen molar-refractivity contribution in [2.24, 2.45) is 5.92 Å². The first kappa shape index (κ1) is 11.1. The molecule has 1 aromatic rings. The van der Waals surface area contributed by atoms with Crippen molar-refractivity contribution in [3.8, 4) is 0 Å². The molecule has 1 aliphatic carbocycles. The Balaban J connectivity index is 1.86. The highest BCUT2D eigenvalue weighted by atomic mass is 32.1. The minimum Gasteiger partial charge on any atom is -0.313 e. The lowest BCUT2D eigenvalue weighted by Gasteiger charge is -2.34. The first-order valence-corrected chi connectivity index (χ1v) is 6.90. The summed E-state index contributed by atoms with van der Waals surface area (Å²) in [5.41, 5.74) is 0. The van der Waals surface area contributed by atoms with Crippen molar-refractivity contribution in [2.75, 3.05) is 6.54 Å². The molecule has 1 N–H and O–H groups in total. The minimum atomic E-state index is 0.671. The Bertz CT molecular complexity index is 267. The van der Waals surface area contributed by atoms with E-state index in [2.05, 4.69) is 22.6 Å². The van der Waals surface area contributed by atoms with E-state index in [1.165, 1.54) is 30.7 Å². The molecule has 0 bridgehead atoms. The van der Waals surface area contributed by atoms with Gasteiger partial charge in [0.15, 0.2) is 0 Å². The van der Waals surface area contributed by atoms with Crippen LogP contribution < -0.4 is 5.32 Å². The van der Waals surface area contributed by atoms with Crippen LogP contribution in [0.3, 0.4) is 0 Å². The molecule has 0 aromatic carbocycles. The number of thiazole rings is 1. The topological polar surface area (TPSA) is 24.9 Å². The third-order valence-electron chi connectivity index (χ3n) is 3.25. The van der Waals surface area contributed by atoms with Crippen molar-refractivity contribution >= 4 is 11.3 Å². The maximum Gasteiger partial charge on any atom is 0.0940 e. The van der Waals surface area contributed by atoms with Gasteiger partial charge in [-0.1, -0.05) is 13.3 Å². The van der Waals surface area contributed by atoms with Crippen LogP contribution in [0.25, 0.3) is 0 Å². The van der Waals surface area contributed by atoms with Crippen LogP contribution in [0.15, 0.2) is 11.6 Å². The second-order valence-corrected chi connectivity index (χ2v) is 5.36. The van der Waals surface area contributed by atoms with Crippen molar-refractivity contribution in [3.05, 3.63) is 16.6 Å². The second-order valence-electron chi connectivity index (χ2n) is 4.38. The lowest BCUT2D eigenvalue weighted by atomic mass is 9.78. The monoisotopic (exact) mass is 224 g/mol. The summed E-state index contributed by atoms with van der Waals surface area (Å²) < 4.78 is 0. The smallest absolute Gasteiger partial charge is 0.0940 e. The van der Waals surface area contributed by atoms with Gasteiger partial charge in [-0.2, -0.15) is 0 Å². The molecule has 0 radical (unpaired) electrons. The largest absolute Gasteiger partial charge is 0.313 e. The van der Waals surface area contributed by atoms with Gasteiger partial charge >= 0.3 is 0 Å². The molecule has 84 valence electrons. The van der Waals surface area contributed by atoms with Gasteiger partial charge < -0.3 is 5.32 Å². The molecule has 0 saturated heterocycles. The fourth-order valence-electron chi connectivity index (χ4n) is 2.12. The van der Waals surface area contributed by atoms with E-state index in [0.29, 0.717) is 6.04 Å². The molecule has 3 heteroatoms. The van der Waals surface area contributed by atoms with Gasteiger partial charge in [-0.3, -0.25) is 0 Å². The standard InChI is InChI=1S/C12H20N2S/c1-2-6-13-11(10-4-3-5-10)9-12-14-7-8-15-12/h7-8,10-11,13H,2-6,9H2,1H3. The van der Waals surface area contributed by atoms with Gasteiger partial charge in [-0.25, -0.2) is 4.98 Å². The Hall–Kier alpha value is -0.410. The molecule has 1 heterocycles. The van der Waals surface area contributed by atoms with Crippen molar-refractivity contribution in [3.63, 3.8) is 0 Å². The van der Waals surface area contributed by atoms with E-state index in [-0.39, 0.29) is 0 Å². The quantitative estimate of drug-likeness (QED) is 0.803. The second kappa shape index (κ2) is 5.61. The van der Waals surface area contributed by atoms with E-state index >= 15 is 0 Å². The van der Waals surface area contributed by atoms with Crippen LogP contribution in [0, 0.1) is 5.92 Å². The van der Waals surface area contributed by atoms with Crippen LogP contribution in [0.4, 0.5) is 0 Å². The van der Waals surface area contributed by atoms with E-state index < -0.39 is 0 Å². The van der Waals surface area contributed by atoms with E-state index in [1.807, 2.05) is 6.20 Å². The first-order valence-electron chi connectivity index (χ1n) is 6.02. The Morgan fingerprint density at radius 3 is 3.00 bits per heavy atom. The van der Waals surface area contributed by atoms with Crippen LogP contribution in [0.1, 0.15) is 37.6 Å². The van der Waals surface area contributed by atoms with E-state index in [4.69, 9.17) is 0 Å². The highest BCUT2D eigenvalue weighted by Crippen LogP contribution is 2.31. The molecule has 2 nitrogen and oxygen atoms in total. The fourth-order valence-corrected chi connectivity index (χ4v) is 2.80. The van der Waals surface area contributed by atoms with E-state index in [9.17, 15) is 0 Å². The lowest BCUT2D eigenvalue weighted by molar-refractivity contribution is 0.227. The summed E-state index contributed by atoms with van der Waals surface area (Å²) in [6.07, 6.45) is 8.51. The van der Waals surface area contributed by atoms with Gasteiger partial charge in [0.1, 0.15) is 0 Å². The van der Waals surface area contributed by atoms with E-state index in [1.54, 1.807) is 11.3 Å². The number of rotatable bonds is 6. The maximum absolute atomic E-state index is 4.38. The zero-order valence-electron chi connectivity index (χ0n) is 9.41. The highest BCUT2D eigenvalue weighted by molar-refractivity contribution is 7.09. The van der Waals surface area contributed by atoms with Gasteiger partial charge in [-0.15, -0.1) is 11.3 Å². The Morgan fingerprint density at radius 1 is 1.60 bits per heavy atom. The number of aromatic nitrogens is 1. The molecule has 0 spiro atoms. The normalized spacial score (nSPS) is 18.7. The van der Waals surface area contributed by atoms with Crippen LogP contribution in [-0.2, 0) is 6.42 Å². The van der Waals surface area contributed by atoms with Gasteiger partial charge in [-0.05, 0) is 31.7 Å². The summed E-state index contributed by atoms with van der Waals surface area (Å²) in [7, 11) is 0. The summed E-state index contributed by atoms with van der Waals surface area (Å²) in [5, 5.41) is 7.04. The Morgan fingerprint density at radius 2 is 2.47 bits per heavy atom. The maximum atomic E-state index is 4.38. The van der Waals surface area contributed by atoms with Gasteiger partial charge in [0, 0.05) is 24.0 Å². The molecule has 1 unspecified atom stereocenters. The molecule has 1 aromatic heterocycles. The molecule has 0 amide bonds. The molecule has 2 rings (SSSR count). The third-order valence-corrected chi connectivity index (χ3v) is 4.06. The van der Waals surface area contributed by atoms with Gasteiger partial charge in [0.2, 0.25) is 0 Å². The summed E-state index contributed by atoms with van der Waals surface area (Å²) >= 11 is 1.79. The van der Waals surface area contributed by atoms with Crippen LogP contribution in [0.5, 0.6) is 0 Å². The summed E-state index contributed by atoms with van der Waals surface area (Å²) in [5.74, 6) is 0.903. The summed E-state index contributed by atoms with van der Waals surface area (Å²) in [6.45, 7) is 3.38. The number of nitrogens with zero attached hydrogens (tertiary/aromatic N) is 1. The van der Waals surface area contributed by atoms with E-state index in [0.717, 1.165) is 18.9 Å². The summed E-state index contributed by atoms with van der Waals surface area (Å²) in [4.78, 5) is 4.38. The Labute approximate surface area is 96.1 Å². The molecule has 1 saturated carbocycles. The predicted molar refractivity (Wildman–Crippen MR) is 65.2 cm³/mol. The molecule has 0 aliphatic heterocycles. The zero-order chi connectivity index (χ0) is 10.5. The van der Waals surface area contributed by atoms with Crippen molar-refractivity contribution < 1.29 is 0 Å². The number of hydrogen-bond acceptors (Lipinski definition) is 3. The van der Waals surface area contributed by atoms with Crippen molar-refractivity contribution in [1.29, 1.82) is 0 Å². The van der Waals surface area contributed by atoms with Crippen LogP contribution in [-0.4, -0.2) is 17.6 Å². The first-order chi connectivity index (χ1) is 7.40.